The molecule has 1 aromatic carbocycles. The van der Waals surface area contributed by atoms with E-state index in [0.717, 1.165) is 24.2 Å². The molecule has 0 radical (unpaired) electrons. The standard InChI is InChI=1S/C13H13FN2O2/c1-8-6-10(14)2-3-11(8)13-15-12(16-18-13)9-4-5-17-7-9/h2-3,6,9H,4-5,7H2,1H3. The molecule has 1 unspecified atom stereocenters. The summed E-state index contributed by atoms with van der Waals surface area (Å²) in [6, 6.07) is 4.51. The summed E-state index contributed by atoms with van der Waals surface area (Å²) in [5.41, 5.74) is 1.56. The van der Waals surface area contributed by atoms with E-state index < -0.39 is 0 Å². The first kappa shape index (κ1) is 11.3. The lowest BCUT2D eigenvalue weighted by atomic mass is 10.1. The van der Waals surface area contributed by atoms with Gasteiger partial charge < -0.3 is 9.26 Å². The van der Waals surface area contributed by atoms with Gasteiger partial charge in [-0.25, -0.2) is 4.39 Å². The van der Waals surface area contributed by atoms with Crippen molar-refractivity contribution in [3.63, 3.8) is 0 Å². The van der Waals surface area contributed by atoms with Crippen LogP contribution >= 0.6 is 0 Å². The van der Waals surface area contributed by atoms with E-state index in [1.165, 1.54) is 12.1 Å². The molecule has 1 aliphatic rings. The largest absolute Gasteiger partial charge is 0.381 e. The number of benzene rings is 1. The first-order valence-electron chi connectivity index (χ1n) is 5.92. The summed E-state index contributed by atoms with van der Waals surface area (Å²) in [7, 11) is 0. The summed E-state index contributed by atoms with van der Waals surface area (Å²) in [6.07, 6.45) is 0.918. The molecule has 0 spiro atoms. The Morgan fingerprint density at radius 3 is 3.00 bits per heavy atom. The number of aryl methyl sites for hydroxylation is 1. The lowest BCUT2D eigenvalue weighted by Crippen LogP contribution is -1.99. The zero-order valence-corrected chi connectivity index (χ0v) is 10.0. The van der Waals surface area contributed by atoms with Crippen molar-refractivity contribution in [3.8, 4) is 11.5 Å². The molecule has 1 fully saturated rings. The van der Waals surface area contributed by atoms with Gasteiger partial charge in [-0.15, -0.1) is 0 Å². The third kappa shape index (κ3) is 2.01. The second kappa shape index (κ2) is 4.49. The summed E-state index contributed by atoms with van der Waals surface area (Å²) in [6.45, 7) is 3.20. The highest BCUT2D eigenvalue weighted by Gasteiger charge is 2.23. The molecule has 2 heterocycles. The summed E-state index contributed by atoms with van der Waals surface area (Å²) < 4.78 is 23.6. The van der Waals surface area contributed by atoms with Gasteiger partial charge in [0.2, 0.25) is 0 Å². The van der Waals surface area contributed by atoms with Gasteiger partial charge in [-0.05, 0) is 37.1 Å². The van der Waals surface area contributed by atoms with E-state index in [9.17, 15) is 4.39 Å². The Bertz CT molecular complexity index is 562. The van der Waals surface area contributed by atoms with Crippen molar-refractivity contribution in [3.05, 3.63) is 35.4 Å². The molecule has 1 saturated heterocycles. The molecule has 94 valence electrons. The quantitative estimate of drug-likeness (QED) is 0.819. The third-order valence-electron chi connectivity index (χ3n) is 3.16. The van der Waals surface area contributed by atoms with Crippen LogP contribution in [0.2, 0.25) is 0 Å². The monoisotopic (exact) mass is 248 g/mol. The van der Waals surface area contributed by atoms with Gasteiger partial charge in [-0.3, -0.25) is 0 Å². The number of nitrogens with zero attached hydrogens (tertiary/aromatic N) is 2. The highest BCUT2D eigenvalue weighted by atomic mass is 19.1. The number of aromatic nitrogens is 2. The molecular weight excluding hydrogens is 235 g/mol. The van der Waals surface area contributed by atoms with Crippen molar-refractivity contribution in [2.75, 3.05) is 13.2 Å². The zero-order valence-electron chi connectivity index (χ0n) is 10.0. The SMILES string of the molecule is Cc1cc(F)ccc1-c1nc(C2CCOC2)no1. The van der Waals surface area contributed by atoms with Crippen LogP contribution in [-0.2, 0) is 4.74 Å². The van der Waals surface area contributed by atoms with Crippen LogP contribution in [0.1, 0.15) is 23.7 Å². The Balaban J connectivity index is 1.92. The van der Waals surface area contributed by atoms with Gasteiger partial charge in [0.05, 0.1) is 6.61 Å². The summed E-state index contributed by atoms with van der Waals surface area (Å²) >= 11 is 0. The normalized spacial score (nSPS) is 19.3. The minimum absolute atomic E-state index is 0.211. The molecule has 5 heteroatoms. The van der Waals surface area contributed by atoms with Gasteiger partial charge in [-0.2, -0.15) is 4.98 Å². The van der Waals surface area contributed by atoms with E-state index in [1.807, 2.05) is 6.92 Å². The summed E-state index contributed by atoms with van der Waals surface area (Å²) in [4.78, 5) is 4.37. The Kier molecular flexibility index (Phi) is 2.83. The van der Waals surface area contributed by atoms with Crippen LogP contribution in [0.5, 0.6) is 0 Å². The Hall–Kier alpha value is -1.75. The summed E-state index contributed by atoms with van der Waals surface area (Å²) in [5.74, 6) is 1.06. The van der Waals surface area contributed by atoms with E-state index in [4.69, 9.17) is 9.26 Å². The predicted octanol–water partition coefficient (Wildman–Crippen LogP) is 2.69. The molecule has 2 aromatic rings. The maximum absolute atomic E-state index is 13.0. The fourth-order valence-corrected chi connectivity index (χ4v) is 2.12. The van der Waals surface area contributed by atoms with E-state index in [-0.39, 0.29) is 11.7 Å². The van der Waals surface area contributed by atoms with Gasteiger partial charge in [-0.1, -0.05) is 5.16 Å². The molecule has 0 saturated carbocycles. The van der Waals surface area contributed by atoms with Crippen molar-refractivity contribution in [2.24, 2.45) is 0 Å². The van der Waals surface area contributed by atoms with Crippen LogP contribution in [0.3, 0.4) is 0 Å². The number of ether oxygens (including phenoxy) is 1. The zero-order chi connectivity index (χ0) is 12.5. The van der Waals surface area contributed by atoms with E-state index in [1.54, 1.807) is 6.07 Å². The second-order valence-electron chi connectivity index (χ2n) is 4.48. The Labute approximate surface area is 104 Å². The van der Waals surface area contributed by atoms with Crippen molar-refractivity contribution in [2.45, 2.75) is 19.3 Å². The third-order valence-corrected chi connectivity index (χ3v) is 3.16. The smallest absolute Gasteiger partial charge is 0.258 e. The molecule has 0 N–H and O–H groups in total. The topological polar surface area (TPSA) is 48.2 Å². The molecule has 0 amide bonds. The van der Waals surface area contributed by atoms with E-state index >= 15 is 0 Å². The molecule has 18 heavy (non-hydrogen) atoms. The Morgan fingerprint density at radius 2 is 2.28 bits per heavy atom. The highest BCUT2D eigenvalue weighted by Crippen LogP contribution is 2.27. The molecule has 1 aliphatic heterocycles. The first-order chi connectivity index (χ1) is 8.74. The van der Waals surface area contributed by atoms with Crippen LogP contribution in [-0.4, -0.2) is 23.4 Å². The average Bonchev–Trinajstić information content (AvgIpc) is 2.99. The molecule has 0 aliphatic carbocycles. The van der Waals surface area contributed by atoms with Crippen LogP contribution in [0.15, 0.2) is 22.7 Å². The number of halogens is 1. The molecule has 4 nitrogen and oxygen atoms in total. The lowest BCUT2D eigenvalue weighted by Gasteiger charge is -2.00. The van der Waals surface area contributed by atoms with Gasteiger partial charge in [0.25, 0.3) is 5.89 Å². The van der Waals surface area contributed by atoms with Gasteiger partial charge in [0, 0.05) is 18.1 Å². The van der Waals surface area contributed by atoms with E-state index in [2.05, 4.69) is 10.1 Å². The fraction of sp³-hybridized carbons (Fsp3) is 0.385. The van der Waals surface area contributed by atoms with Crippen molar-refractivity contribution >= 4 is 0 Å². The minimum Gasteiger partial charge on any atom is -0.381 e. The maximum atomic E-state index is 13.0. The second-order valence-corrected chi connectivity index (χ2v) is 4.48. The maximum Gasteiger partial charge on any atom is 0.258 e. The van der Waals surface area contributed by atoms with E-state index in [0.29, 0.717) is 18.3 Å². The van der Waals surface area contributed by atoms with Crippen LogP contribution in [0.4, 0.5) is 4.39 Å². The van der Waals surface area contributed by atoms with Gasteiger partial charge in [0.15, 0.2) is 5.82 Å². The average molecular weight is 248 g/mol. The molecule has 1 aromatic heterocycles. The molecule has 1 atom stereocenters. The van der Waals surface area contributed by atoms with Crippen molar-refractivity contribution in [1.82, 2.24) is 10.1 Å². The lowest BCUT2D eigenvalue weighted by molar-refractivity contribution is 0.192. The van der Waals surface area contributed by atoms with Crippen molar-refractivity contribution in [1.29, 1.82) is 0 Å². The fourth-order valence-electron chi connectivity index (χ4n) is 2.12. The van der Waals surface area contributed by atoms with Crippen LogP contribution < -0.4 is 0 Å². The van der Waals surface area contributed by atoms with Crippen LogP contribution in [0.25, 0.3) is 11.5 Å². The minimum atomic E-state index is -0.264. The first-order valence-corrected chi connectivity index (χ1v) is 5.92. The molecule has 3 rings (SSSR count). The summed E-state index contributed by atoms with van der Waals surface area (Å²) in [5, 5.41) is 3.98. The number of hydrogen-bond donors (Lipinski definition) is 0. The Morgan fingerprint density at radius 1 is 1.39 bits per heavy atom. The highest BCUT2D eigenvalue weighted by molar-refractivity contribution is 5.57. The molecule has 0 bridgehead atoms. The van der Waals surface area contributed by atoms with Gasteiger partial charge >= 0.3 is 0 Å². The number of rotatable bonds is 2. The predicted molar refractivity (Wildman–Crippen MR) is 62.6 cm³/mol. The van der Waals surface area contributed by atoms with Gasteiger partial charge in [0.1, 0.15) is 5.82 Å². The van der Waals surface area contributed by atoms with Crippen LogP contribution in [0, 0.1) is 12.7 Å². The molecular formula is C13H13FN2O2. The number of hydrogen-bond acceptors (Lipinski definition) is 4. The van der Waals surface area contributed by atoms with Crippen molar-refractivity contribution < 1.29 is 13.7 Å².